The SMILES string of the molecule is NCc1ccc(-c2noc(CC3OCCc4ccccc43)n2)cc1. The van der Waals surface area contributed by atoms with Gasteiger partial charge in [0.25, 0.3) is 0 Å². The van der Waals surface area contributed by atoms with Crippen molar-refractivity contribution in [2.75, 3.05) is 6.61 Å². The average Bonchev–Trinajstić information content (AvgIpc) is 3.11. The second-order valence-corrected chi connectivity index (χ2v) is 5.93. The van der Waals surface area contributed by atoms with Crippen LogP contribution in [0, 0.1) is 0 Å². The number of hydrogen-bond acceptors (Lipinski definition) is 5. The van der Waals surface area contributed by atoms with Gasteiger partial charge in [-0.3, -0.25) is 0 Å². The Morgan fingerprint density at radius 3 is 2.75 bits per heavy atom. The van der Waals surface area contributed by atoms with Gasteiger partial charge in [-0.15, -0.1) is 0 Å². The maximum atomic E-state index is 5.91. The van der Waals surface area contributed by atoms with Crippen LogP contribution in [-0.2, 0) is 24.1 Å². The molecule has 0 amide bonds. The summed E-state index contributed by atoms with van der Waals surface area (Å²) >= 11 is 0. The van der Waals surface area contributed by atoms with Crippen LogP contribution in [0.2, 0.25) is 0 Å². The van der Waals surface area contributed by atoms with E-state index in [9.17, 15) is 0 Å². The van der Waals surface area contributed by atoms with E-state index in [4.69, 9.17) is 15.0 Å². The molecule has 0 spiro atoms. The number of aromatic nitrogens is 2. The van der Waals surface area contributed by atoms with Crippen LogP contribution in [0.25, 0.3) is 11.4 Å². The molecule has 0 fully saturated rings. The zero-order valence-corrected chi connectivity index (χ0v) is 13.3. The highest BCUT2D eigenvalue weighted by molar-refractivity contribution is 5.54. The molecule has 2 aromatic carbocycles. The minimum absolute atomic E-state index is 0.0251. The zero-order valence-electron chi connectivity index (χ0n) is 13.3. The van der Waals surface area contributed by atoms with Gasteiger partial charge in [0.1, 0.15) is 0 Å². The third-order valence-corrected chi connectivity index (χ3v) is 4.37. The van der Waals surface area contributed by atoms with Gasteiger partial charge in [0.05, 0.1) is 19.1 Å². The number of rotatable bonds is 4. The molecule has 0 radical (unpaired) electrons. The lowest BCUT2D eigenvalue weighted by Crippen LogP contribution is -2.18. The summed E-state index contributed by atoms with van der Waals surface area (Å²) in [6.07, 6.45) is 1.52. The van der Waals surface area contributed by atoms with E-state index < -0.39 is 0 Å². The van der Waals surface area contributed by atoms with Crippen molar-refractivity contribution in [1.29, 1.82) is 0 Å². The van der Waals surface area contributed by atoms with Crippen molar-refractivity contribution in [3.63, 3.8) is 0 Å². The monoisotopic (exact) mass is 321 g/mol. The van der Waals surface area contributed by atoms with Gasteiger partial charge in [0, 0.05) is 12.1 Å². The highest BCUT2D eigenvalue weighted by atomic mass is 16.5. The fourth-order valence-electron chi connectivity index (χ4n) is 3.05. The predicted octanol–water partition coefficient (Wildman–Crippen LogP) is 3.05. The molecule has 0 aliphatic carbocycles. The molecule has 1 atom stereocenters. The maximum absolute atomic E-state index is 5.91. The lowest BCUT2D eigenvalue weighted by atomic mass is 9.96. The van der Waals surface area contributed by atoms with Crippen molar-refractivity contribution in [2.24, 2.45) is 5.73 Å². The first-order valence-electron chi connectivity index (χ1n) is 8.15. The Kier molecular flexibility index (Phi) is 4.11. The molecular weight excluding hydrogens is 302 g/mol. The summed E-state index contributed by atoms with van der Waals surface area (Å²) in [5.41, 5.74) is 10.2. The topological polar surface area (TPSA) is 74.2 Å². The molecule has 3 aromatic rings. The van der Waals surface area contributed by atoms with Gasteiger partial charge in [0.2, 0.25) is 11.7 Å². The van der Waals surface area contributed by atoms with E-state index in [2.05, 4.69) is 28.3 Å². The Bertz CT molecular complexity index is 827. The summed E-state index contributed by atoms with van der Waals surface area (Å²) in [7, 11) is 0. The number of nitrogens with zero attached hydrogens (tertiary/aromatic N) is 2. The number of nitrogens with two attached hydrogens (primary N) is 1. The predicted molar refractivity (Wildman–Crippen MR) is 90.2 cm³/mol. The molecule has 1 aliphatic rings. The van der Waals surface area contributed by atoms with E-state index in [1.807, 2.05) is 30.3 Å². The van der Waals surface area contributed by atoms with E-state index in [1.165, 1.54) is 11.1 Å². The molecule has 0 saturated carbocycles. The van der Waals surface area contributed by atoms with Crippen molar-refractivity contribution >= 4 is 0 Å². The molecule has 2 heterocycles. The van der Waals surface area contributed by atoms with Crippen LogP contribution >= 0.6 is 0 Å². The molecular formula is C19H19N3O2. The van der Waals surface area contributed by atoms with Gasteiger partial charge in [0.15, 0.2) is 0 Å². The van der Waals surface area contributed by atoms with E-state index >= 15 is 0 Å². The number of fused-ring (bicyclic) bond motifs is 1. The van der Waals surface area contributed by atoms with Crippen molar-refractivity contribution in [2.45, 2.75) is 25.5 Å². The maximum Gasteiger partial charge on any atom is 0.229 e. The second-order valence-electron chi connectivity index (χ2n) is 5.93. The first-order valence-corrected chi connectivity index (χ1v) is 8.15. The summed E-state index contributed by atoms with van der Waals surface area (Å²) in [6.45, 7) is 1.25. The molecule has 4 rings (SSSR count). The first kappa shape index (κ1) is 15.1. The van der Waals surface area contributed by atoms with Crippen LogP contribution in [-0.4, -0.2) is 16.7 Å². The Morgan fingerprint density at radius 1 is 1.08 bits per heavy atom. The van der Waals surface area contributed by atoms with Crippen LogP contribution in [0.15, 0.2) is 53.1 Å². The van der Waals surface area contributed by atoms with E-state index in [1.54, 1.807) is 0 Å². The van der Waals surface area contributed by atoms with Crippen LogP contribution in [0.3, 0.4) is 0 Å². The van der Waals surface area contributed by atoms with Crippen molar-refractivity contribution in [3.8, 4) is 11.4 Å². The van der Waals surface area contributed by atoms with Crippen LogP contribution in [0.5, 0.6) is 0 Å². The molecule has 0 bridgehead atoms. The van der Waals surface area contributed by atoms with Gasteiger partial charge < -0.3 is 15.0 Å². The Morgan fingerprint density at radius 2 is 1.92 bits per heavy atom. The number of ether oxygens (including phenoxy) is 1. The molecule has 24 heavy (non-hydrogen) atoms. The van der Waals surface area contributed by atoms with Gasteiger partial charge in [-0.25, -0.2) is 0 Å². The van der Waals surface area contributed by atoms with Gasteiger partial charge in [-0.1, -0.05) is 53.7 Å². The molecule has 5 nitrogen and oxygen atoms in total. The van der Waals surface area contributed by atoms with E-state index in [0.717, 1.165) is 24.2 Å². The summed E-state index contributed by atoms with van der Waals surface area (Å²) in [4.78, 5) is 4.51. The largest absolute Gasteiger partial charge is 0.373 e. The summed E-state index contributed by atoms with van der Waals surface area (Å²) < 4.78 is 11.3. The van der Waals surface area contributed by atoms with Crippen molar-refractivity contribution < 1.29 is 9.26 Å². The van der Waals surface area contributed by atoms with Crippen molar-refractivity contribution in [1.82, 2.24) is 10.1 Å². The lowest BCUT2D eigenvalue weighted by molar-refractivity contribution is 0.0375. The number of benzene rings is 2. The quantitative estimate of drug-likeness (QED) is 0.799. The molecule has 2 N–H and O–H groups in total. The minimum atomic E-state index is -0.0251. The van der Waals surface area contributed by atoms with Crippen LogP contribution in [0.1, 0.15) is 28.7 Å². The highest BCUT2D eigenvalue weighted by Crippen LogP contribution is 2.30. The van der Waals surface area contributed by atoms with E-state index in [0.29, 0.717) is 24.7 Å². The highest BCUT2D eigenvalue weighted by Gasteiger charge is 2.23. The van der Waals surface area contributed by atoms with Crippen molar-refractivity contribution in [3.05, 3.63) is 71.1 Å². The summed E-state index contributed by atoms with van der Waals surface area (Å²) in [5, 5.41) is 4.09. The zero-order chi connectivity index (χ0) is 16.4. The molecule has 1 aliphatic heterocycles. The molecule has 5 heteroatoms. The Labute approximate surface area is 140 Å². The van der Waals surface area contributed by atoms with Gasteiger partial charge in [-0.2, -0.15) is 4.98 Å². The smallest absolute Gasteiger partial charge is 0.229 e. The first-order chi connectivity index (χ1) is 11.8. The number of hydrogen-bond donors (Lipinski definition) is 1. The third-order valence-electron chi connectivity index (χ3n) is 4.37. The second kappa shape index (κ2) is 6.55. The molecule has 1 unspecified atom stereocenters. The summed E-state index contributed by atoms with van der Waals surface area (Å²) in [5.74, 6) is 1.19. The normalized spacial score (nSPS) is 16.8. The van der Waals surface area contributed by atoms with Gasteiger partial charge in [-0.05, 0) is 23.1 Å². The molecule has 0 saturated heterocycles. The van der Waals surface area contributed by atoms with Crippen LogP contribution in [0.4, 0.5) is 0 Å². The Hall–Kier alpha value is -2.50. The average molecular weight is 321 g/mol. The van der Waals surface area contributed by atoms with E-state index in [-0.39, 0.29) is 6.10 Å². The molecule has 122 valence electrons. The summed E-state index contributed by atoms with van der Waals surface area (Å²) in [6, 6.07) is 16.3. The third kappa shape index (κ3) is 2.96. The van der Waals surface area contributed by atoms with Gasteiger partial charge >= 0.3 is 0 Å². The molecule has 1 aromatic heterocycles. The Balaban J connectivity index is 1.53. The standard InChI is InChI=1S/C19H19N3O2/c20-12-13-5-7-15(8-6-13)19-21-18(24-22-19)11-17-16-4-2-1-3-14(16)9-10-23-17/h1-8,17H,9-12,20H2. The fraction of sp³-hybridized carbons (Fsp3) is 0.263. The lowest BCUT2D eigenvalue weighted by Gasteiger charge is -2.24. The van der Waals surface area contributed by atoms with Crippen LogP contribution < -0.4 is 5.73 Å². The fourth-order valence-corrected chi connectivity index (χ4v) is 3.05. The minimum Gasteiger partial charge on any atom is -0.373 e.